The van der Waals surface area contributed by atoms with Crippen molar-refractivity contribution in [1.29, 1.82) is 0 Å². The molecule has 1 saturated heterocycles. The Labute approximate surface area is 178 Å². The van der Waals surface area contributed by atoms with E-state index >= 15 is 0 Å². The molecule has 2 amide bonds. The van der Waals surface area contributed by atoms with Crippen LogP contribution >= 0.6 is 0 Å². The topological polar surface area (TPSA) is 76.7 Å². The minimum atomic E-state index is -0.354. The second-order valence-electron chi connectivity index (χ2n) is 7.96. The number of hydrogen-bond donors (Lipinski definition) is 2. The quantitative estimate of drug-likeness (QED) is 0.665. The first-order chi connectivity index (χ1) is 14.4. The van der Waals surface area contributed by atoms with Gasteiger partial charge in [0, 0.05) is 24.9 Å². The molecule has 1 fully saturated rings. The number of ether oxygens (including phenoxy) is 2. The molecule has 0 spiro atoms. The van der Waals surface area contributed by atoms with Gasteiger partial charge in [0.25, 0.3) is 0 Å². The molecule has 0 unspecified atom stereocenters. The summed E-state index contributed by atoms with van der Waals surface area (Å²) in [5.74, 6) is 1.32. The normalized spacial score (nSPS) is 18.0. The summed E-state index contributed by atoms with van der Waals surface area (Å²) >= 11 is 0. The standard InChI is InChI=1S/C24H30N2O4/c1-17-4-6-18(7-5-17)15-24(13-11-23(28)26-24)12-10-22(27)25-16-19-8-9-20(29-2)21(14-19)30-3/h4-9,14H,10-13,15-16H2,1-3H3,(H,25,27)(H,26,28)/t24-/m0/s1. The van der Waals surface area contributed by atoms with Crippen LogP contribution in [0.2, 0.25) is 0 Å². The van der Waals surface area contributed by atoms with Gasteiger partial charge in [-0.25, -0.2) is 0 Å². The van der Waals surface area contributed by atoms with Gasteiger partial charge in [-0.3, -0.25) is 9.59 Å². The first kappa shape index (κ1) is 21.7. The zero-order chi connectivity index (χ0) is 21.6. The lowest BCUT2D eigenvalue weighted by atomic mass is 9.84. The third-order valence-electron chi connectivity index (χ3n) is 5.67. The molecule has 1 aliphatic heterocycles. The van der Waals surface area contributed by atoms with Gasteiger partial charge in [-0.1, -0.05) is 35.9 Å². The van der Waals surface area contributed by atoms with Crippen LogP contribution in [0.5, 0.6) is 11.5 Å². The van der Waals surface area contributed by atoms with E-state index in [1.807, 2.05) is 18.2 Å². The van der Waals surface area contributed by atoms with E-state index in [2.05, 4.69) is 41.8 Å². The van der Waals surface area contributed by atoms with Gasteiger partial charge in [-0.05, 0) is 49.4 Å². The maximum Gasteiger partial charge on any atom is 0.220 e. The van der Waals surface area contributed by atoms with Crippen LogP contribution in [0.3, 0.4) is 0 Å². The molecule has 6 nitrogen and oxygen atoms in total. The van der Waals surface area contributed by atoms with E-state index in [0.29, 0.717) is 37.3 Å². The summed E-state index contributed by atoms with van der Waals surface area (Å²) in [6.45, 7) is 2.47. The Hall–Kier alpha value is -3.02. The van der Waals surface area contributed by atoms with Crippen molar-refractivity contribution in [1.82, 2.24) is 10.6 Å². The van der Waals surface area contributed by atoms with Crippen LogP contribution in [-0.4, -0.2) is 31.6 Å². The maximum absolute atomic E-state index is 12.5. The van der Waals surface area contributed by atoms with Crippen LogP contribution in [0.25, 0.3) is 0 Å². The molecule has 160 valence electrons. The average Bonchev–Trinajstić information content (AvgIpc) is 3.12. The summed E-state index contributed by atoms with van der Waals surface area (Å²) in [4.78, 5) is 24.4. The van der Waals surface area contributed by atoms with E-state index in [1.165, 1.54) is 11.1 Å². The number of benzene rings is 2. The lowest BCUT2D eigenvalue weighted by molar-refractivity contribution is -0.122. The molecule has 1 heterocycles. The van der Waals surface area contributed by atoms with Crippen LogP contribution in [0.4, 0.5) is 0 Å². The summed E-state index contributed by atoms with van der Waals surface area (Å²) < 4.78 is 10.5. The molecule has 6 heteroatoms. The fraction of sp³-hybridized carbons (Fsp3) is 0.417. The van der Waals surface area contributed by atoms with Gasteiger partial charge >= 0.3 is 0 Å². The van der Waals surface area contributed by atoms with Gasteiger partial charge in [0.15, 0.2) is 11.5 Å². The number of rotatable bonds is 9. The highest BCUT2D eigenvalue weighted by Gasteiger charge is 2.37. The summed E-state index contributed by atoms with van der Waals surface area (Å²) in [6, 6.07) is 13.9. The summed E-state index contributed by atoms with van der Waals surface area (Å²) in [7, 11) is 3.18. The van der Waals surface area contributed by atoms with E-state index in [-0.39, 0.29) is 17.4 Å². The molecule has 0 aliphatic carbocycles. The highest BCUT2D eigenvalue weighted by Crippen LogP contribution is 2.30. The van der Waals surface area contributed by atoms with Gasteiger partial charge in [0.1, 0.15) is 0 Å². The molecule has 0 saturated carbocycles. The number of amides is 2. The Morgan fingerprint density at radius 1 is 1.07 bits per heavy atom. The molecule has 1 atom stereocenters. The van der Waals surface area contributed by atoms with Crippen molar-refractivity contribution in [2.24, 2.45) is 0 Å². The molecule has 2 N–H and O–H groups in total. The average molecular weight is 411 g/mol. The third-order valence-corrected chi connectivity index (χ3v) is 5.67. The summed E-state index contributed by atoms with van der Waals surface area (Å²) in [5.41, 5.74) is 2.96. The highest BCUT2D eigenvalue weighted by molar-refractivity contribution is 5.80. The fourth-order valence-corrected chi connectivity index (χ4v) is 3.91. The fourth-order valence-electron chi connectivity index (χ4n) is 3.91. The number of aryl methyl sites for hydroxylation is 1. The van der Waals surface area contributed by atoms with Gasteiger partial charge in [0.2, 0.25) is 11.8 Å². The minimum absolute atomic E-state index is 0.0331. The zero-order valence-corrected chi connectivity index (χ0v) is 17.9. The molecule has 2 aromatic carbocycles. The number of carbonyl (C=O) groups is 2. The third kappa shape index (κ3) is 5.53. The zero-order valence-electron chi connectivity index (χ0n) is 17.9. The molecule has 1 aliphatic rings. The van der Waals surface area contributed by atoms with E-state index in [9.17, 15) is 9.59 Å². The summed E-state index contributed by atoms with van der Waals surface area (Å²) in [6.07, 6.45) is 2.98. The molecule has 2 aromatic rings. The smallest absolute Gasteiger partial charge is 0.220 e. The first-order valence-electron chi connectivity index (χ1n) is 10.3. The molecule has 0 bridgehead atoms. The lowest BCUT2D eigenvalue weighted by Gasteiger charge is -2.29. The molecule has 0 aromatic heterocycles. The van der Waals surface area contributed by atoms with Crippen LogP contribution in [0, 0.1) is 6.92 Å². The first-order valence-corrected chi connectivity index (χ1v) is 10.3. The van der Waals surface area contributed by atoms with Crippen molar-refractivity contribution in [3.63, 3.8) is 0 Å². The van der Waals surface area contributed by atoms with Gasteiger partial charge in [0.05, 0.1) is 14.2 Å². The largest absolute Gasteiger partial charge is 0.493 e. The monoisotopic (exact) mass is 410 g/mol. The Balaban J connectivity index is 1.57. The Kier molecular flexibility index (Phi) is 6.98. The maximum atomic E-state index is 12.5. The van der Waals surface area contributed by atoms with E-state index in [0.717, 1.165) is 18.4 Å². The SMILES string of the molecule is COc1ccc(CNC(=O)CC[C@@]2(Cc3ccc(C)cc3)CCC(=O)N2)cc1OC. The Morgan fingerprint density at radius 3 is 2.40 bits per heavy atom. The number of hydrogen-bond acceptors (Lipinski definition) is 4. The van der Waals surface area contributed by atoms with Gasteiger partial charge in [-0.2, -0.15) is 0 Å². The Bertz CT molecular complexity index is 895. The minimum Gasteiger partial charge on any atom is -0.493 e. The molecular formula is C24H30N2O4. The highest BCUT2D eigenvalue weighted by atomic mass is 16.5. The number of methoxy groups -OCH3 is 2. The van der Waals surface area contributed by atoms with Crippen LogP contribution < -0.4 is 20.1 Å². The number of nitrogens with one attached hydrogen (secondary N) is 2. The van der Waals surface area contributed by atoms with Crippen molar-refractivity contribution in [3.05, 3.63) is 59.2 Å². The van der Waals surface area contributed by atoms with Crippen molar-refractivity contribution >= 4 is 11.8 Å². The van der Waals surface area contributed by atoms with E-state index in [4.69, 9.17) is 9.47 Å². The van der Waals surface area contributed by atoms with Crippen molar-refractivity contribution in [3.8, 4) is 11.5 Å². The molecular weight excluding hydrogens is 380 g/mol. The van der Waals surface area contributed by atoms with Crippen LogP contribution in [0.15, 0.2) is 42.5 Å². The van der Waals surface area contributed by atoms with Crippen molar-refractivity contribution < 1.29 is 19.1 Å². The van der Waals surface area contributed by atoms with Gasteiger partial charge < -0.3 is 20.1 Å². The van der Waals surface area contributed by atoms with Crippen LogP contribution in [-0.2, 0) is 22.6 Å². The molecule has 0 radical (unpaired) electrons. The predicted molar refractivity (Wildman–Crippen MR) is 116 cm³/mol. The molecule has 30 heavy (non-hydrogen) atoms. The predicted octanol–water partition coefficient (Wildman–Crippen LogP) is 3.30. The second kappa shape index (κ2) is 9.65. The van der Waals surface area contributed by atoms with E-state index in [1.54, 1.807) is 14.2 Å². The Morgan fingerprint density at radius 2 is 1.77 bits per heavy atom. The second-order valence-corrected chi connectivity index (χ2v) is 7.96. The van der Waals surface area contributed by atoms with Crippen LogP contribution in [0.1, 0.15) is 42.4 Å². The van der Waals surface area contributed by atoms with Crippen molar-refractivity contribution in [2.45, 2.75) is 51.1 Å². The summed E-state index contributed by atoms with van der Waals surface area (Å²) in [5, 5.41) is 6.10. The van der Waals surface area contributed by atoms with Gasteiger partial charge in [-0.15, -0.1) is 0 Å². The lowest BCUT2D eigenvalue weighted by Crippen LogP contribution is -2.44. The van der Waals surface area contributed by atoms with Crippen molar-refractivity contribution in [2.75, 3.05) is 14.2 Å². The number of carbonyl (C=O) groups excluding carboxylic acids is 2. The molecule has 3 rings (SSSR count). The van der Waals surface area contributed by atoms with E-state index < -0.39 is 0 Å².